The Morgan fingerprint density at radius 3 is 2.48 bits per heavy atom. The van der Waals surface area contributed by atoms with Gasteiger partial charge in [0.2, 0.25) is 0 Å². The van der Waals surface area contributed by atoms with Crippen molar-refractivity contribution in [1.29, 1.82) is 0 Å². The Kier molecular flexibility index (Phi) is 6.93. The van der Waals surface area contributed by atoms with Crippen LogP contribution >= 0.6 is 0 Å². The molecule has 1 aromatic heterocycles. The van der Waals surface area contributed by atoms with E-state index in [9.17, 15) is 9.90 Å². The minimum Gasteiger partial charge on any atom is -0.505 e. The molecular weight excluding hydrogens is 416 g/mol. The number of aromatic hydroxyl groups is 1. The highest BCUT2D eigenvalue weighted by atomic mass is 16.5. The Balaban J connectivity index is 1.64. The average Bonchev–Trinajstić information content (AvgIpc) is 3.22. The number of rotatable bonds is 9. The maximum Gasteiger partial charge on any atom is 0.305 e. The zero-order valence-corrected chi connectivity index (χ0v) is 19.0. The molecule has 0 radical (unpaired) electrons. The van der Waals surface area contributed by atoms with Gasteiger partial charge in [0.25, 0.3) is 0 Å². The fraction of sp³-hybridized carbons (Fsp3) is 0.259. The van der Waals surface area contributed by atoms with Crippen molar-refractivity contribution >= 4 is 17.0 Å². The number of imidazole rings is 1. The summed E-state index contributed by atoms with van der Waals surface area (Å²) in [5.41, 5.74) is 4.39. The zero-order valence-electron chi connectivity index (χ0n) is 19.0. The molecule has 33 heavy (non-hydrogen) atoms. The van der Waals surface area contributed by atoms with E-state index in [-0.39, 0.29) is 11.7 Å². The Bertz CT molecular complexity index is 1230. The van der Waals surface area contributed by atoms with Gasteiger partial charge in [-0.2, -0.15) is 0 Å². The fourth-order valence-corrected chi connectivity index (χ4v) is 3.79. The molecule has 0 aliphatic carbocycles. The summed E-state index contributed by atoms with van der Waals surface area (Å²) in [4.78, 5) is 16.0. The van der Waals surface area contributed by atoms with Crippen molar-refractivity contribution in [2.75, 3.05) is 13.7 Å². The molecule has 0 saturated heterocycles. The topological polar surface area (TPSA) is 73.6 Å². The van der Waals surface area contributed by atoms with Crippen LogP contribution in [0.25, 0.3) is 28.1 Å². The van der Waals surface area contributed by atoms with E-state index in [1.165, 1.54) is 12.7 Å². The number of phenolic OH excluding ortho intramolecular Hbond substituents is 1. The molecule has 0 fully saturated rings. The summed E-state index contributed by atoms with van der Waals surface area (Å²) in [5.74, 6) is 1.23. The smallest absolute Gasteiger partial charge is 0.305 e. The van der Waals surface area contributed by atoms with Gasteiger partial charge in [-0.15, -0.1) is 0 Å². The first-order valence-electron chi connectivity index (χ1n) is 11.1. The fourth-order valence-electron chi connectivity index (χ4n) is 3.79. The molecule has 1 N–H and O–H groups in total. The number of carbonyl (C=O) groups is 1. The number of benzene rings is 3. The highest BCUT2D eigenvalue weighted by Gasteiger charge is 2.18. The van der Waals surface area contributed by atoms with Gasteiger partial charge in [0, 0.05) is 29.8 Å². The van der Waals surface area contributed by atoms with Crippen molar-refractivity contribution in [1.82, 2.24) is 9.55 Å². The number of hydrogen-bond acceptors (Lipinski definition) is 5. The molecule has 3 aromatic carbocycles. The van der Waals surface area contributed by atoms with Crippen LogP contribution in [0.3, 0.4) is 0 Å². The average molecular weight is 445 g/mol. The number of esters is 1. The zero-order chi connectivity index (χ0) is 23.2. The number of carbonyl (C=O) groups excluding carboxylic acids is 1. The molecule has 0 saturated carbocycles. The van der Waals surface area contributed by atoms with Crippen molar-refractivity contribution < 1.29 is 19.4 Å². The number of aromatic nitrogens is 2. The minimum atomic E-state index is -0.190. The van der Waals surface area contributed by atoms with Gasteiger partial charge in [0.1, 0.15) is 22.8 Å². The van der Waals surface area contributed by atoms with E-state index < -0.39 is 0 Å². The number of ether oxygens (including phenoxy) is 2. The second kappa shape index (κ2) is 10.2. The molecule has 4 rings (SSSR count). The van der Waals surface area contributed by atoms with Gasteiger partial charge in [-0.05, 0) is 38.3 Å². The normalized spacial score (nSPS) is 11.0. The lowest BCUT2D eigenvalue weighted by Gasteiger charge is -2.11. The van der Waals surface area contributed by atoms with Crippen LogP contribution in [0.4, 0.5) is 0 Å². The van der Waals surface area contributed by atoms with E-state index in [0.717, 1.165) is 41.9 Å². The first-order valence-corrected chi connectivity index (χ1v) is 11.1. The Hall–Kier alpha value is -3.80. The first kappa shape index (κ1) is 22.4. The molecule has 170 valence electrons. The lowest BCUT2D eigenvalue weighted by molar-refractivity contribution is -0.140. The SMILES string of the molecule is COC(=O)CCCCCOc1cc(O)c2nc(-c3ccccc3)n(-c3ccc(C)cc3)c2c1. The summed E-state index contributed by atoms with van der Waals surface area (Å²) >= 11 is 0. The molecule has 6 nitrogen and oxygen atoms in total. The van der Waals surface area contributed by atoms with Crippen molar-refractivity contribution in [3.63, 3.8) is 0 Å². The number of unbranched alkanes of at least 4 members (excludes halogenated alkanes) is 2. The largest absolute Gasteiger partial charge is 0.505 e. The number of fused-ring (bicyclic) bond motifs is 1. The van der Waals surface area contributed by atoms with Gasteiger partial charge >= 0.3 is 5.97 Å². The Morgan fingerprint density at radius 2 is 1.76 bits per heavy atom. The van der Waals surface area contributed by atoms with Gasteiger partial charge in [-0.1, -0.05) is 48.0 Å². The lowest BCUT2D eigenvalue weighted by atomic mass is 10.2. The molecule has 4 aromatic rings. The van der Waals surface area contributed by atoms with Gasteiger partial charge in [0.05, 0.1) is 19.2 Å². The molecule has 0 aliphatic rings. The number of aryl methyl sites for hydroxylation is 1. The van der Waals surface area contributed by atoms with Crippen LogP contribution in [-0.4, -0.2) is 34.3 Å². The number of phenols is 1. The summed E-state index contributed by atoms with van der Waals surface area (Å²) in [6.07, 6.45) is 2.85. The monoisotopic (exact) mass is 444 g/mol. The molecule has 0 bridgehead atoms. The van der Waals surface area contributed by atoms with E-state index in [4.69, 9.17) is 9.72 Å². The Labute approximate surface area is 193 Å². The van der Waals surface area contributed by atoms with Gasteiger partial charge < -0.3 is 14.6 Å². The molecule has 0 amide bonds. The standard InChI is InChI=1S/C27H28N2O4/c1-19-12-14-21(15-13-19)29-23-17-22(33-16-8-4-7-11-25(31)32-2)18-24(30)26(23)28-27(29)20-9-5-3-6-10-20/h3,5-6,9-10,12-15,17-18,30H,4,7-8,11,16H2,1-2H3. The van der Waals surface area contributed by atoms with E-state index in [1.807, 2.05) is 41.0 Å². The van der Waals surface area contributed by atoms with Crippen molar-refractivity contribution in [2.45, 2.75) is 32.6 Å². The molecule has 0 aliphatic heterocycles. The minimum absolute atomic E-state index is 0.0798. The maximum atomic E-state index is 11.2. The van der Waals surface area contributed by atoms with Crippen LogP contribution in [0.15, 0.2) is 66.7 Å². The van der Waals surface area contributed by atoms with Gasteiger partial charge in [-0.3, -0.25) is 9.36 Å². The molecule has 1 heterocycles. The van der Waals surface area contributed by atoms with Crippen LogP contribution in [0.5, 0.6) is 11.5 Å². The summed E-state index contributed by atoms with van der Waals surface area (Å²) < 4.78 is 12.6. The maximum absolute atomic E-state index is 11.2. The molecule has 0 unspecified atom stereocenters. The van der Waals surface area contributed by atoms with E-state index >= 15 is 0 Å². The second-order valence-corrected chi connectivity index (χ2v) is 8.02. The first-order chi connectivity index (χ1) is 16.1. The number of hydrogen-bond donors (Lipinski definition) is 1. The molecule has 0 spiro atoms. The summed E-state index contributed by atoms with van der Waals surface area (Å²) in [5, 5.41) is 10.7. The third kappa shape index (κ3) is 5.17. The van der Waals surface area contributed by atoms with Crippen LogP contribution < -0.4 is 4.74 Å². The predicted molar refractivity (Wildman–Crippen MR) is 129 cm³/mol. The summed E-state index contributed by atoms with van der Waals surface area (Å²) in [6, 6.07) is 21.7. The molecule has 0 atom stereocenters. The Morgan fingerprint density at radius 1 is 1.00 bits per heavy atom. The van der Waals surface area contributed by atoms with Crippen LogP contribution in [0.2, 0.25) is 0 Å². The quantitative estimate of drug-likeness (QED) is 0.260. The van der Waals surface area contributed by atoms with Crippen molar-refractivity contribution in [3.05, 3.63) is 72.3 Å². The van der Waals surface area contributed by atoms with E-state index in [2.05, 4.69) is 35.9 Å². The van der Waals surface area contributed by atoms with Crippen molar-refractivity contribution in [2.24, 2.45) is 0 Å². The summed E-state index contributed by atoms with van der Waals surface area (Å²) in [7, 11) is 1.40. The summed E-state index contributed by atoms with van der Waals surface area (Å²) in [6.45, 7) is 2.55. The number of methoxy groups -OCH3 is 1. The predicted octanol–water partition coefficient (Wildman–Crippen LogP) is 5.82. The molecular formula is C27H28N2O4. The highest BCUT2D eigenvalue weighted by Crippen LogP contribution is 2.36. The van der Waals surface area contributed by atoms with Crippen LogP contribution in [0, 0.1) is 6.92 Å². The van der Waals surface area contributed by atoms with Crippen molar-refractivity contribution in [3.8, 4) is 28.6 Å². The molecule has 6 heteroatoms. The lowest BCUT2D eigenvalue weighted by Crippen LogP contribution is -2.01. The van der Waals surface area contributed by atoms with Gasteiger partial charge in [-0.25, -0.2) is 4.98 Å². The highest BCUT2D eigenvalue weighted by molar-refractivity contribution is 5.89. The van der Waals surface area contributed by atoms with Gasteiger partial charge in [0.15, 0.2) is 0 Å². The van der Waals surface area contributed by atoms with Crippen LogP contribution in [0.1, 0.15) is 31.2 Å². The van der Waals surface area contributed by atoms with E-state index in [0.29, 0.717) is 24.3 Å². The second-order valence-electron chi connectivity index (χ2n) is 8.02. The van der Waals surface area contributed by atoms with E-state index in [1.54, 1.807) is 6.07 Å². The van der Waals surface area contributed by atoms with Crippen LogP contribution in [-0.2, 0) is 9.53 Å². The third-order valence-corrected chi connectivity index (χ3v) is 5.56. The number of nitrogens with zero attached hydrogens (tertiary/aromatic N) is 2. The third-order valence-electron chi connectivity index (χ3n) is 5.56.